The second kappa shape index (κ2) is 9.77. The molecule has 0 unspecified atom stereocenters. The molecule has 0 saturated carbocycles. The van der Waals surface area contributed by atoms with Gasteiger partial charge >= 0.3 is 16.1 Å². The van der Waals surface area contributed by atoms with E-state index in [0.29, 0.717) is 16.1 Å². The van der Waals surface area contributed by atoms with Gasteiger partial charge in [-0.2, -0.15) is 8.42 Å². The SMILES string of the molecule is Cc1ccc(S(=O)(=O)Oc2ccc(/C=C3\C(=O)NC(=O)N(c4cc(Cl)ccc4C)C3=O)cc2Cl)cc1. The van der Waals surface area contributed by atoms with Crippen LogP contribution in [0.2, 0.25) is 10.0 Å². The van der Waals surface area contributed by atoms with E-state index in [2.05, 4.69) is 5.32 Å². The molecule has 184 valence electrons. The van der Waals surface area contributed by atoms with Crippen molar-refractivity contribution in [2.75, 3.05) is 4.90 Å². The van der Waals surface area contributed by atoms with E-state index >= 15 is 0 Å². The Morgan fingerprint density at radius 1 is 0.917 bits per heavy atom. The zero-order valence-electron chi connectivity index (χ0n) is 18.9. The van der Waals surface area contributed by atoms with Crippen LogP contribution in [0, 0.1) is 13.8 Å². The van der Waals surface area contributed by atoms with Gasteiger partial charge in [0, 0.05) is 5.02 Å². The quantitative estimate of drug-likeness (QED) is 0.273. The summed E-state index contributed by atoms with van der Waals surface area (Å²) in [7, 11) is -4.13. The molecule has 1 N–H and O–H groups in total. The number of amides is 4. The highest BCUT2D eigenvalue weighted by Gasteiger charge is 2.37. The highest BCUT2D eigenvalue weighted by Crippen LogP contribution is 2.31. The van der Waals surface area contributed by atoms with Crippen LogP contribution in [-0.4, -0.2) is 26.3 Å². The lowest BCUT2D eigenvalue weighted by Gasteiger charge is -2.27. The molecule has 0 radical (unpaired) electrons. The van der Waals surface area contributed by atoms with E-state index < -0.39 is 28.0 Å². The van der Waals surface area contributed by atoms with Gasteiger partial charge in [-0.25, -0.2) is 9.69 Å². The van der Waals surface area contributed by atoms with Crippen molar-refractivity contribution in [3.8, 4) is 5.75 Å². The Morgan fingerprint density at radius 3 is 2.28 bits per heavy atom. The van der Waals surface area contributed by atoms with Crippen LogP contribution < -0.4 is 14.4 Å². The van der Waals surface area contributed by atoms with Gasteiger partial charge in [0.1, 0.15) is 10.5 Å². The molecule has 1 saturated heterocycles. The largest absolute Gasteiger partial charge is 0.377 e. The first-order valence-electron chi connectivity index (χ1n) is 10.4. The number of anilines is 1. The Morgan fingerprint density at radius 2 is 1.61 bits per heavy atom. The van der Waals surface area contributed by atoms with Gasteiger partial charge in [-0.3, -0.25) is 14.9 Å². The number of aryl methyl sites for hydroxylation is 2. The zero-order chi connectivity index (χ0) is 26.2. The molecular formula is C25H18Cl2N2O6S. The van der Waals surface area contributed by atoms with Crippen molar-refractivity contribution in [1.29, 1.82) is 0 Å². The molecule has 1 heterocycles. The first-order chi connectivity index (χ1) is 17.0. The fraction of sp³-hybridized carbons (Fsp3) is 0.0800. The number of imide groups is 2. The summed E-state index contributed by atoms with van der Waals surface area (Å²) in [6.07, 6.45) is 1.24. The van der Waals surface area contributed by atoms with E-state index in [1.165, 1.54) is 42.5 Å². The molecule has 1 fully saturated rings. The van der Waals surface area contributed by atoms with Gasteiger partial charge < -0.3 is 4.18 Å². The fourth-order valence-electron chi connectivity index (χ4n) is 3.41. The third-order valence-electron chi connectivity index (χ3n) is 5.29. The summed E-state index contributed by atoms with van der Waals surface area (Å²) in [5, 5.41) is 2.37. The summed E-state index contributed by atoms with van der Waals surface area (Å²) in [6.45, 7) is 3.51. The predicted molar refractivity (Wildman–Crippen MR) is 136 cm³/mol. The number of rotatable bonds is 5. The molecule has 4 amide bonds. The molecule has 8 nitrogen and oxygen atoms in total. The normalized spacial score (nSPS) is 15.3. The number of hydrogen-bond donors (Lipinski definition) is 1. The van der Waals surface area contributed by atoms with E-state index in [4.69, 9.17) is 27.4 Å². The van der Waals surface area contributed by atoms with Gasteiger partial charge in [0.15, 0.2) is 5.75 Å². The van der Waals surface area contributed by atoms with E-state index in [0.717, 1.165) is 10.5 Å². The van der Waals surface area contributed by atoms with Crippen molar-refractivity contribution in [3.05, 3.63) is 93.0 Å². The lowest BCUT2D eigenvalue weighted by Crippen LogP contribution is -2.54. The number of carbonyl (C=O) groups is 3. The van der Waals surface area contributed by atoms with Gasteiger partial charge in [0.25, 0.3) is 11.8 Å². The lowest BCUT2D eigenvalue weighted by molar-refractivity contribution is -0.122. The monoisotopic (exact) mass is 544 g/mol. The van der Waals surface area contributed by atoms with Crippen molar-refractivity contribution < 1.29 is 27.0 Å². The predicted octanol–water partition coefficient (Wildman–Crippen LogP) is 5.04. The van der Waals surface area contributed by atoms with Gasteiger partial charge in [0.05, 0.1) is 10.7 Å². The Labute approximate surface area is 217 Å². The topological polar surface area (TPSA) is 110 Å². The molecule has 0 aliphatic carbocycles. The molecule has 0 spiro atoms. The minimum atomic E-state index is -4.13. The highest BCUT2D eigenvalue weighted by atomic mass is 35.5. The van der Waals surface area contributed by atoms with Crippen LogP contribution in [0.25, 0.3) is 6.08 Å². The fourth-order valence-corrected chi connectivity index (χ4v) is 4.80. The smallest absolute Gasteiger partial charge is 0.339 e. The third-order valence-corrected chi connectivity index (χ3v) is 7.07. The first kappa shape index (κ1) is 25.4. The summed E-state index contributed by atoms with van der Waals surface area (Å²) in [6, 6.07) is 14.0. The Hall–Kier alpha value is -3.66. The van der Waals surface area contributed by atoms with Crippen molar-refractivity contribution in [3.63, 3.8) is 0 Å². The number of barbiturate groups is 1. The summed E-state index contributed by atoms with van der Waals surface area (Å²) in [4.78, 5) is 38.8. The summed E-state index contributed by atoms with van der Waals surface area (Å²) in [5.74, 6) is -1.88. The van der Waals surface area contributed by atoms with Crippen LogP contribution in [-0.2, 0) is 19.7 Å². The van der Waals surface area contributed by atoms with Crippen molar-refractivity contribution in [2.24, 2.45) is 0 Å². The Balaban J connectivity index is 1.64. The zero-order valence-corrected chi connectivity index (χ0v) is 21.2. The van der Waals surface area contributed by atoms with E-state index in [1.54, 1.807) is 31.2 Å². The molecule has 4 rings (SSSR count). The highest BCUT2D eigenvalue weighted by molar-refractivity contribution is 7.87. The van der Waals surface area contributed by atoms with Crippen LogP contribution in [0.15, 0.2) is 71.1 Å². The number of benzene rings is 3. The minimum Gasteiger partial charge on any atom is -0.377 e. The second-order valence-corrected chi connectivity index (χ2v) is 10.3. The molecule has 3 aromatic carbocycles. The number of nitrogens with one attached hydrogen (secondary N) is 1. The van der Waals surface area contributed by atoms with Crippen molar-refractivity contribution in [1.82, 2.24) is 5.32 Å². The van der Waals surface area contributed by atoms with Crippen LogP contribution >= 0.6 is 23.2 Å². The maximum absolute atomic E-state index is 13.1. The van der Waals surface area contributed by atoms with Gasteiger partial charge in [0.2, 0.25) is 0 Å². The average molecular weight is 545 g/mol. The van der Waals surface area contributed by atoms with Gasteiger partial charge in [-0.15, -0.1) is 0 Å². The molecular weight excluding hydrogens is 527 g/mol. The number of carbonyl (C=O) groups excluding carboxylic acids is 3. The molecule has 36 heavy (non-hydrogen) atoms. The summed E-state index contributed by atoms with van der Waals surface area (Å²) in [5.41, 5.74) is 1.68. The molecule has 0 atom stereocenters. The summed E-state index contributed by atoms with van der Waals surface area (Å²) >= 11 is 12.3. The molecule has 0 bridgehead atoms. The van der Waals surface area contributed by atoms with E-state index in [1.807, 2.05) is 6.92 Å². The standard InChI is InChI=1S/C25H18Cl2N2O6S/c1-14-3-8-18(9-4-14)36(33,34)35-22-10-6-16(12-20(22)27)11-19-23(30)28-25(32)29(24(19)31)21-13-17(26)7-5-15(21)2/h3-13H,1-2H3,(H,28,30,32)/b19-11+. The minimum absolute atomic E-state index is 0.0408. The van der Waals surface area contributed by atoms with Crippen LogP contribution in [0.5, 0.6) is 5.75 Å². The number of hydrogen-bond acceptors (Lipinski definition) is 6. The Kier molecular flexibility index (Phi) is 6.90. The number of urea groups is 1. The van der Waals surface area contributed by atoms with Crippen molar-refractivity contribution in [2.45, 2.75) is 18.7 Å². The van der Waals surface area contributed by atoms with Crippen LogP contribution in [0.3, 0.4) is 0 Å². The van der Waals surface area contributed by atoms with Crippen LogP contribution in [0.4, 0.5) is 10.5 Å². The maximum atomic E-state index is 13.1. The lowest BCUT2D eigenvalue weighted by atomic mass is 10.1. The molecule has 3 aromatic rings. The van der Waals surface area contributed by atoms with E-state index in [9.17, 15) is 22.8 Å². The van der Waals surface area contributed by atoms with Gasteiger partial charge in [-0.05, 0) is 67.4 Å². The third kappa shape index (κ3) is 5.13. The van der Waals surface area contributed by atoms with Crippen molar-refractivity contribution >= 4 is 62.9 Å². The molecule has 1 aliphatic rings. The van der Waals surface area contributed by atoms with Crippen LogP contribution in [0.1, 0.15) is 16.7 Å². The number of nitrogens with zero attached hydrogens (tertiary/aromatic N) is 1. The average Bonchev–Trinajstić information content (AvgIpc) is 2.80. The summed E-state index contributed by atoms with van der Waals surface area (Å²) < 4.78 is 30.3. The molecule has 1 aliphatic heterocycles. The molecule has 11 heteroatoms. The first-order valence-corrected chi connectivity index (χ1v) is 12.6. The van der Waals surface area contributed by atoms with E-state index in [-0.39, 0.29) is 26.9 Å². The number of halogens is 2. The van der Waals surface area contributed by atoms with Gasteiger partial charge in [-0.1, -0.05) is 53.0 Å². The molecule has 0 aromatic heterocycles. The Bertz CT molecular complexity index is 1550. The maximum Gasteiger partial charge on any atom is 0.339 e. The second-order valence-electron chi connectivity index (χ2n) is 7.93.